The molecule has 0 amide bonds. The van der Waals surface area contributed by atoms with E-state index in [4.69, 9.17) is 34.8 Å². The SMILES string of the molecule is CCC/C(=C/C(O)(CCl)c1ccc(Cl)cc1Cl)CO. The maximum atomic E-state index is 10.6. The van der Waals surface area contributed by atoms with Crippen molar-refractivity contribution in [2.45, 2.75) is 25.4 Å². The second-order valence-corrected chi connectivity index (χ2v) is 5.50. The molecule has 0 aliphatic rings. The summed E-state index contributed by atoms with van der Waals surface area (Å²) < 4.78 is 0. The monoisotopic (exact) mass is 322 g/mol. The number of alkyl halides is 1. The molecule has 19 heavy (non-hydrogen) atoms. The molecule has 0 heterocycles. The van der Waals surface area contributed by atoms with Gasteiger partial charge in [0.05, 0.1) is 12.5 Å². The molecule has 1 atom stereocenters. The first-order chi connectivity index (χ1) is 8.96. The minimum absolute atomic E-state index is 0.0540. The van der Waals surface area contributed by atoms with Gasteiger partial charge in [-0.3, -0.25) is 0 Å². The minimum Gasteiger partial charge on any atom is -0.392 e. The lowest BCUT2D eigenvalue weighted by Gasteiger charge is -2.25. The van der Waals surface area contributed by atoms with Gasteiger partial charge in [0, 0.05) is 15.6 Å². The van der Waals surface area contributed by atoms with Crippen molar-refractivity contribution in [3.63, 3.8) is 0 Å². The molecule has 0 aliphatic carbocycles. The van der Waals surface area contributed by atoms with Gasteiger partial charge in [0.2, 0.25) is 0 Å². The van der Waals surface area contributed by atoms with Gasteiger partial charge in [-0.05, 0) is 30.2 Å². The number of benzene rings is 1. The Kier molecular flexibility index (Phi) is 6.64. The highest BCUT2D eigenvalue weighted by atomic mass is 35.5. The van der Waals surface area contributed by atoms with E-state index in [1.165, 1.54) is 0 Å². The Balaban J connectivity index is 3.22. The lowest BCUT2D eigenvalue weighted by atomic mass is 9.92. The summed E-state index contributed by atoms with van der Waals surface area (Å²) in [7, 11) is 0. The van der Waals surface area contributed by atoms with Gasteiger partial charge in [0.15, 0.2) is 0 Å². The molecule has 2 N–H and O–H groups in total. The van der Waals surface area contributed by atoms with Crippen molar-refractivity contribution in [3.8, 4) is 0 Å². The van der Waals surface area contributed by atoms with Crippen LogP contribution in [0, 0.1) is 0 Å². The molecule has 1 unspecified atom stereocenters. The second kappa shape index (κ2) is 7.51. The van der Waals surface area contributed by atoms with Gasteiger partial charge >= 0.3 is 0 Å². The van der Waals surface area contributed by atoms with E-state index >= 15 is 0 Å². The summed E-state index contributed by atoms with van der Waals surface area (Å²) in [6.45, 7) is 1.89. The Morgan fingerprint density at radius 1 is 1.37 bits per heavy atom. The number of halogens is 3. The Labute approximate surface area is 128 Å². The summed E-state index contributed by atoms with van der Waals surface area (Å²) >= 11 is 17.8. The van der Waals surface area contributed by atoms with Crippen molar-refractivity contribution in [2.75, 3.05) is 12.5 Å². The zero-order chi connectivity index (χ0) is 14.5. The predicted octanol–water partition coefficient (Wildman–Crippen LogP) is 4.14. The average Bonchev–Trinajstić information content (AvgIpc) is 2.37. The summed E-state index contributed by atoms with van der Waals surface area (Å²) in [5, 5.41) is 20.8. The van der Waals surface area contributed by atoms with Crippen molar-refractivity contribution in [1.29, 1.82) is 0 Å². The highest BCUT2D eigenvalue weighted by Gasteiger charge is 2.28. The molecule has 0 radical (unpaired) electrons. The van der Waals surface area contributed by atoms with Crippen LogP contribution in [0.25, 0.3) is 0 Å². The second-order valence-electron chi connectivity index (χ2n) is 4.39. The van der Waals surface area contributed by atoms with E-state index in [9.17, 15) is 10.2 Å². The maximum absolute atomic E-state index is 10.6. The van der Waals surface area contributed by atoms with E-state index in [2.05, 4.69) is 0 Å². The van der Waals surface area contributed by atoms with Gasteiger partial charge in [-0.2, -0.15) is 0 Å². The van der Waals surface area contributed by atoms with E-state index < -0.39 is 5.60 Å². The van der Waals surface area contributed by atoms with Crippen molar-refractivity contribution in [2.24, 2.45) is 0 Å². The summed E-state index contributed by atoms with van der Waals surface area (Å²) in [5.41, 5.74) is -0.191. The van der Waals surface area contributed by atoms with Gasteiger partial charge in [-0.15, -0.1) is 11.6 Å². The normalized spacial score (nSPS) is 15.4. The zero-order valence-electron chi connectivity index (χ0n) is 10.7. The molecule has 0 bridgehead atoms. The third-order valence-corrected chi connectivity index (χ3v) is 3.77. The van der Waals surface area contributed by atoms with Crippen LogP contribution in [-0.2, 0) is 5.60 Å². The van der Waals surface area contributed by atoms with Crippen molar-refractivity contribution < 1.29 is 10.2 Å². The Morgan fingerprint density at radius 2 is 2.05 bits per heavy atom. The lowest BCUT2D eigenvalue weighted by molar-refractivity contribution is 0.113. The molecule has 0 saturated carbocycles. The predicted molar refractivity (Wildman–Crippen MR) is 81.2 cm³/mol. The van der Waals surface area contributed by atoms with Gasteiger partial charge in [0.25, 0.3) is 0 Å². The Bertz CT molecular complexity index is 460. The number of rotatable bonds is 6. The molecule has 1 rings (SSSR count). The molecule has 2 nitrogen and oxygen atoms in total. The highest BCUT2D eigenvalue weighted by Crippen LogP contribution is 2.33. The maximum Gasteiger partial charge on any atom is 0.123 e. The van der Waals surface area contributed by atoms with Gasteiger partial charge in [0.1, 0.15) is 5.60 Å². The molecular weight excluding hydrogens is 307 g/mol. The standard InChI is InChI=1S/C14H17Cl3O2/c1-2-3-10(8-18)7-14(19,9-15)12-5-4-11(16)6-13(12)17/h4-7,18-19H,2-3,8-9H2,1H3/b10-7-. The van der Waals surface area contributed by atoms with Crippen LogP contribution in [0.15, 0.2) is 29.8 Å². The van der Waals surface area contributed by atoms with E-state index in [0.29, 0.717) is 22.0 Å². The van der Waals surface area contributed by atoms with E-state index in [1.807, 2.05) is 6.92 Å². The number of aliphatic hydroxyl groups is 2. The number of aliphatic hydroxyl groups excluding tert-OH is 1. The number of hydrogen-bond acceptors (Lipinski definition) is 2. The summed E-state index contributed by atoms with van der Waals surface area (Å²) in [6, 6.07) is 4.85. The molecule has 0 aromatic heterocycles. The van der Waals surface area contributed by atoms with Crippen molar-refractivity contribution in [1.82, 2.24) is 0 Å². The summed E-state index contributed by atoms with van der Waals surface area (Å²) in [4.78, 5) is 0. The lowest BCUT2D eigenvalue weighted by Crippen LogP contribution is -2.26. The molecule has 1 aromatic carbocycles. The van der Waals surface area contributed by atoms with Crippen LogP contribution in [0.5, 0.6) is 0 Å². The minimum atomic E-state index is -1.41. The van der Waals surface area contributed by atoms with Crippen LogP contribution in [0.4, 0.5) is 0 Å². The van der Waals surface area contributed by atoms with Gasteiger partial charge in [-0.1, -0.05) is 42.6 Å². The summed E-state index contributed by atoms with van der Waals surface area (Å²) in [6.07, 6.45) is 3.15. The smallest absolute Gasteiger partial charge is 0.123 e. The van der Waals surface area contributed by atoms with Crippen LogP contribution in [0.2, 0.25) is 10.0 Å². The first-order valence-corrected chi connectivity index (χ1v) is 7.31. The van der Waals surface area contributed by atoms with Gasteiger partial charge in [-0.25, -0.2) is 0 Å². The van der Waals surface area contributed by atoms with E-state index in [1.54, 1.807) is 24.3 Å². The molecule has 0 fully saturated rings. The third kappa shape index (κ3) is 4.37. The molecule has 0 aliphatic heterocycles. The molecule has 0 saturated heterocycles. The molecule has 5 heteroatoms. The average molecular weight is 324 g/mol. The quantitative estimate of drug-likeness (QED) is 0.610. The first kappa shape index (κ1) is 16.8. The van der Waals surface area contributed by atoms with Gasteiger partial charge < -0.3 is 10.2 Å². The summed E-state index contributed by atoms with van der Waals surface area (Å²) in [5.74, 6) is -0.0540. The van der Waals surface area contributed by atoms with E-state index in [-0.39, 0.29) is 12.5 Å². The molecule has 0 spiro atoms. The first-order valence-electron chi connectivity index (χ1n) is 6.02. The fourth-order valence-corrected chi connectivity index (χ4v) is 2.68. The number of hydrogen-bond donors (Lipinski definition) is 2. The third-order valence-electron chi connectivity index (χ3n) is 2.82. The largest absolute Gasteiger partial charge is 0.392 e. The molecule has 1 aromatic rings. The molecule has 106 valence electrons. The van der Waals surface area contributed by atoms with Crippen molar-refractivity contribution in [3.05, 3.63) is 45.5 Å². The Hall–Kier alpha value is -0.250. The fourth-order valence-electron chi connectivity index (χ4n) is 1.88. The van der Waals surface area contributed by atoms with Crippen LogP contribution in [0.1, 0.15) is 25.3 Å². The van der Waals surface area contributed by atoms with Crippen LogP contribution in [-0.4, -0.2) is 22.7 Å². The highest BCUT2D eigenvalue weighted by molar-refractivity contribution is 6.35. The van der Waals surface area contributed by atoms with Crippen LogP contribution >= 0.6 is 34.8 Å². The topological polar surface area (TPSA) is 40.5 Å². The van der Waals surface area contributed by atoms with Crippen LogP contribution < -0.4 is 0 Å². The van der Waals surface area contributed by atoms with Crippen LogP contribution in [0.3, 0.4) is 0 Å². The zero-order valence-corrected chi connectivity index (χ0v) is 12.9. The molecular formula is C14H17Cl3O2. The van der Waals surface area contributed by atoms with E-state index in [0.717, 1.165) is 12.0 Å². The Morgan fingerprint density at radius 3 is 2.53 bits per heavy atom. The van der Waals surface area contributed by atoms with Crippen molar-refractivity contribution >= 4 is 34.8 Å². The fraction of sp³-hybridized carbons (Fsp3) is 0.429.